The maximum absolute atomic E-state index is 11.4. The summed E-state index contributed by atoms with van der Waals surface area (Å²) in [5.74, 6) is -0.908. The van der Waals surface area contributed by atoms with Crippen LogP contribution in [0.4, 0.5) is 0 Å². The van der Waals surface area contributed by atoms with E-state index in [0.29, 0.717) is 15.8 Å². The van der Waals surface area contributed by atoms with E-state index < -0.39 is 11.6 Å². The molecule has 15 heavy (non-hydrogen) atoms. The van der Waals surface area contributed by atoms with Gasteiger partial charge in [0.1, 0.15) is 5.75 Å². The summed E-state index contributed by atoms with van der Waals surface area (Å²) in [7, 11) is 1.52. The van der Waals surface area contributed by atoms with Crippen molar-refractivity contribution in [3.63, 3.8) is 0 Å². The first kappa shape index (κ1) is 12.2. The van der Waals surface area contributed by atoms with Crippen molar-refractivity contribution in [3.05, 3.63) is 28.2 Å². The van der Waals surface area contributed by atoms with Crippen molar-refractivity contribution in [2.45, 2.75) is 0 Å². The lowest BCUT2D eigenvalue weighted by atomic mass is 10.1. The number of Topliss-reactive ketones (excluding diaryl/α,β-unsaturated/α-hetero) is 2. The largest absolute Gasteiger partial charge is 0.496 e. The molecule has 0 amide bonds. The Bertz CT molecular complexity index is 404. The number of benzene rings is 1. The predicted molar refractivity (Wildman–Crippen MR) is 60.8 cm³/mol. The molecule has 0 aliphatic rings. The minimum absolute atomic E-state index is 0.299. The van der Waals surface area contributed by atoms with E-state index in [0.717, 1.165) is 0 Å². The highest BCUT2D eigenvalue weighted by Gasteiger charge is 2.15. The Morgan fingerprint density at radius 2 is 2.13 bits per heavy atom. The highest BCUT2D eigenvalue weighted by atomic mass is 79.9. The SMILES string of the molecule is COc1ccc(C(=O)C(=O)CCl)cc1Br. The highest BCUT2D eigenvalue weighted by molar-refractivity contribution is 9.10. The molecule has 80 valence electrons. The summed E-state index contributed by atoms with van der Waals surface area (Å²) in [4.78, 5) is 22.5. The van der Waals surface area contributed by atoms with Crippen LogP contribution in [0.2, 0.25) is 0 Å². The molecule has 5 heteroatoms. The van der Waals surface area contributed by atoms with E-state index in [-0.39, 0.29) is 5.88 Å². The summed E-state index contributed by atoms with van der Waals surface area (Å²) < 4.78 is 5.62. The van der Waals surface area contributed by atoms with Gasteiger partial charge in [0.25, 0.3) is 0 Å². The second-order valence-corrected chi connectivity index (χ2v) is 3.86. The van der Waals surface area contributed by atoms with Crippen molar-refractivity contribution >= 4 is 39.1 Å². The fraction of sp³-hybridized carbons (Fsp3) is 0.200. The van der Waals surface area contributed by atoms with Crippen LogP contribution in [0, 0.1) is 0 Å². The lowest BCUT2D eigenvalue weighted by Crippen LogP contribution is -2.15. The zero-order valence-electron chi connectivity index (χ0n) is 7.92. The predicted octanol–water partition coefficient (Wildman–Crippen LogP) is 2.45. The van der Waals surface area contributed by atoms with Crippen molar-refractivity contribution in [3.8, 4) is 5.75 Å². The van der Waals surface area contributed by atoms with E-state index in [1.807, 2.05) is 0 Å². The molecule has 0 aromatic heterocycles. The van der Waals surface area contributed by atoms with Gasteiger partial charge in [0, 0.05) is 5.56 Å². The summed E-state index contributed by atoms with van der Waals surface area (Å²) in [6.45, 7) is 0. The van der Waals surface area contributed by atoms with Gasteiger partial charge in [0.15, 0.2) is 0 Å². The van der Waals surface area contributed by atoms with Crippen LogP contribution in [0.3, 0.4) is 0 Å². The van der Waals surface area contributed by atoms with Gasteiger partial charge in [-0.1, -0.05) is 0 Å². The molecule has 0 aliphatic carbocycles. The van der Waals surface area contributed by atoms with Crippen LogP contribution >= 0.6 is 27.5 Å². The van der Waals surface area contributed by atoms with Gasteiger partial charge in [0.05, 0.1) is 17.5 Å². The molecule has 0 unspecified atom stereocenters. The molecule has 0 radical (unpaired) electrons. The molecule has 0 heterocycles. The molecule has 0 saturated carbocycles. The summed E-state index contributed by atoms with van der Waals surface area (Å²) in [6, 6.07) is 4.67. The van der Waals surface area contributed by atoms with Gasteiger partial charge < -0.3 is 4.74 Å². The number of hydrogen-bond donors (Lipinski definition) is 0. The third-order valence-corrected chi connectivity index (χ3v) is 2.65. The molecule has 1 aromatic rings. The van der Waals surface area contributed by atoms with Crippen molar-refractivity contribution in [2.24, 2.45) is 0 Å². The van der Waals surface area contributed by atoms with Crippen molar-refractivity contribution < 1.29 is 14.3 Å². The minimum atomic E-state index is -0.617. The fourth-order valence-electron chi connectivity index (χ4n) is 1.03. The number of carbonyl (C=O) groups excluding carboxylic acids is 2. The zero-order valence-corrected chi connectivity index (χ0v) is 10.3. The number of ketones is 2. The Morgan fingerprint density at radius 1 is 1.47 bits per heavy atom. The number of hydrogen-bond acceptors (Lipinski definition) is 3. The van der Waals surface area contributed by atoms with Crippen molar-refractivity contribution in [1.29, 1.82) is 0 Å². The van der Waals surface area contributed by atoms with E-state index in [9.17, 15) is 9.59 Å². The Labute approximate surface area is 100 Å². The second-order valence-electron chi connectivity index (χ2n) is 2.74. The number of methoxy groups -OCH3 is 1. The Hall–Kier alpha value is -0.870. The first-order valence-electron chi connectivity index (χ1n) is 4.07. The zero-order chi connectivity index (χ0) is 11.4. The van der Waals surface area contributed by atoms with Crippen molar-refractivity contribution in [1.82, 2.24) is 0 Å². The Morgan fingerprint density at radius 3 is 2.60 bits per heavy atom. The van der Waals surface area contributed by atoms with Crippen LogP contribution in [0.5, 0.6) is 5.75 Å². The average molecular weight is 292 g/mol. The molecular formula is C10H8BrClO3. The lowest BCUT2D eigenvalue weighted by molar-refractivity contribution is -0.112. The molecule has 0 spiro atoms. The van der Waals surface area contributed by atoms with E-state index in [1.54, 1.807) is 6.07 Å². The van der Waals surface area contributed by atoms with Crippen LogP contribution in [-0.4, -0.2) is 24.6 Å². The molecule has 0 saturated heterocycles. The minimum Gasteiger partial charge on any atom is -0.496 e. The molecule has 3 nitrogen and oxygen atoms in total. The normalized spacial score (nSPS) is 9.80. The van der Waals surface area contributed by atoms with Gasteiger partial charge in [-0.2, -0.15) is 0 Å². The highest BCUT2D eigenvalue weighted by Crippen LogP contribution is 2.25. The maximum atomic E-state index is 11.4. The molecule has 1 aromatic carbocycles. The summed E-state index contributed by atoms with van der Waals surface area (Å²) in [5, 5.41) is 0. The van der Waals surface area contributed by atoms with Crippen LogP contribution < -0.4 is 4.74 Å². The van der Waals surface area contributed by atoms with Gasteiger partial charge in [-0.05, 0) is 34.1 Å². The van der Waals surface area contributed by atoms with Crippen LogP contribution in [-0.2, 0) is 4.79 Å². The Balaban J connectivity index is 3.02. The standard InChI is InChI=1S/C10H8BrClO3/c1-15-9-3-2-6(4-7(9)11)10(14)8(13)5-12/h2-4H,5H2,1H3. The van der Waals surface area contributed by atoms with Gasteiger partial charge in [-0.25, -0.2) is 0 Å². The monoisotopic (exact) mass is 290 g/mol. The molecular weight excluding hydrogens is 283 g/mol. The number of rotatable bonds is 4. The quantitative estimate of drug-likeness (QED) is 0.486. The van der Waals surface area contributed by atoms with Crippen LogP contribution in [0.25, 0.3) is 0 Å². The van der Waals surface area contributed by atoms with Gasteiger partial charge in [-0.15, -0.1) is 11.6 Å². The van der Waals surface area contributed by atoms with Gasteiger partial charge >= 0.3 is 0 Å². The van der Waals surface area contributed by atoms with E-state index >= 15 is 0 Å². The summed E-state index contributed by atoms with van der Waals surface area (Å²) in [6.07, 6.45) is 0. The Kier molecular flexibility index (Phi) is 4.29. The first-order valence-corrected chi connectivity index (χ1v) is 5.40. The maximum Gasteiger partial charge on any atom is 0.229 e. The van der Waals surface area contributed by atoms with E-state index in [2.05, 4.69) is 15.9 Å². The molecule has 0 fully saturated rings. The third kappa shape index (κ3) is 2.79. The molecule has 0 bridgehead atoms. The van der Waals surface area contributed by atoms with E-state index in [4.69, 9.17) is 16.3 Å². The molecule has 0 atom stereocenters. The fourth-order valence-corrected chi connectivity index (χ4v) is 1.69. The number of carbonyl (C=O) groups is 2. The third-order valence-electron chi connectivity index (χ3n) is 1.79. The van der Waals surface area contributed by atoms with Gasteiger partial charge in [-0.3, -0.25) is 9.59 Å². The molecule has 1 rings (SSSR count). The smallest absolute Gasteiger partial charge is 0.229 e. The molecule has 0 aliphatic heterocycles. The number of ether oxygens (including phenoxy) is 1. The second kappa shape index (κ2) is 5.28. The number of alkyl halides is 1. The van der Waals surface area contributed by atoms with Crippen LogP contribution in [0.15, 0.2) is 22.7 Å². The average Bonchev–Trinajstić information content (AvgIpc) is 2.26. The van der Waals surface area contributed by atoms with Crippen molar-refractivity contribution in [2.75, 3.05) is 13.0 Å². The number of halogens is 2. The summed E-state index contributed by atoms with van der Waals surface area (Å²) in [5.41, 5.74) is 0.299. The summed E-state index contributed by atoms with van der Waals surface area (Å²) >= 11 is 8.51. The van der Waals surface area contributed by atoms with Crippen LogP contribution in [0.1, 0.15) is 10.4 Å². The molecule has 0 N–H and O–H groups in total. The van der Waals surface area contributed by atoms with Gasteiger partial charge in [0.2, 0.25) is 11.6 Å². The van der Waals surface area contributed by atoms with E-state index in [1.165, 1.54) is 19.2 Å². The topological polar surface area (TPSA) is 43.4 Å². The lowest BCUT2D eigenvalue weighted by Gasteiger charge is -2.04. The first-order chi connectivity index (χ1) is 7.10.